The summed E-state index contributed by atoms with van der Waals surface area (Å²) >= 11 is 3.44. The molecule has 4 nitrogen and oxygen atoms in total. The molecule has 2 aliphatic rings. The molecule has 112 valence electrons. The fourth-order valence-electron chi connectivity index (χ4n) is 3.91. The third-order valence-corrected chi connectivity index (χ3v) is 5.99. The van der Waals surface area contributed by atoms with Gasteiger partial charge in [0.25, 0.3) is 5.91 Å². The molecular formula is C16H18BrNO3. The number of rotatable bonds is 3. The van der Waals surface area contributed by atoms with Crippen LogP contribution in [0.25, 0.3) is 0 Å². The monoisotopic (exact) mass is 351 g/mol. The predicted octanol–water partition coefficient (Wildman–Crippen LogP) is 2.99. The highest BCUT2D eigenvalue weighted by Gasteiger charge is 2.51. The zero-order chi connectivity index (χ0) is 15.1. The van der Waals surface area contributed by atoms with Gasteiger partial charge in [-0.05, 0) is 65.6 Å². The van der Waals surface area contributed by atoms with Crippen LogP contribution in [0.5, 0.6) is 0 Å². The Kier molecular flexibility index (Phi) is 3.78. The molecule has 4 atom stereocenters. The van der Waals surface area contributed by atoms with E-state index >= 15 is 0 Å². The Morgan fingerprint density at radius 3 is 2.71 bits per heavy atom. The summed E-state index contributed by atoms with van der Waals surface area (Å²) in [7, 11) is 0. The van der Waals surface area contributed by atoms with Crippen molar-refractivity contribution in [1.82, 2.24) is 5.32 Å². The summed E-state index contributed by atoms with van der Waals surface area (Å²) in [4.78, 5) is 24.0. The van der Waals surface area contributed by atoms with E-state index in [1.807, 2.05) is 19.1 Å². The molecule has 4 unspecified atom stereocenters. The van der Waals surface area contributed by atoms with Crippen molar-refractivity contribution >= 4 is 27.8 Å². The van der Waals surface area contributed by atoms with E-state index in [1.54, 1.807) is 6.07 Å². The molecule has 21 heavy (non-hydrogen) atoms. The number of hydrogen-bond donors (Lipinski definition) is 2. The summed E-state index contributed by atoms with van der Waals surface area (Å²) in [5.41, 5.74) is 1.56. The topological polar surface area (TPSA) is 66.4 Å². The highest BCUT2D eigenvalue weighted by Crippen LogP contribution is 2.48. The van der Waals surface area contributed by atoms with Gasteiger partial charge in [-0.1, -0.05) is 12.1 Å². The number of carboxylic acid groups (broad SMARTS) is 1. The summed E-state index contributed by atoms with van der Waals surface area (Å²) < 4.78 is 0.775. The van der Waals surface area contributed by atoms with Crippen LogP contribution < -0.4 is 5.32 Å². The lowest BCUT2D eigenvalue weighted by molar-refractivity contribution is -0.144. The predicted molar refractivity (Wildman–Crippen MR) is 82.1 cm³/mol. The first-order valence-corrected chi connectivity index (χ1v) is 8.07. The van der Waals surface area contributed by atoms with Crippen LogP contribution in [-0.4, -0.2) is 23.0 Å². The highest BCUT2D eigenvalue weighted by atomic mass is 79.9. The number of halogens is 1. The van der Waals surface area contributed by atoms with Crippen molar-refractivity contribution in [2.45, 2.75) is 32.2 Å². The number of hydrogen-bond acceptors (Lipinski definition) is 2. The van der Waals surface area contributed by atoms with Crippen molar-refractivity contribution in [2.75, 3.05) is 0 Å². The van der Waals surface area contributed by atoms with Gasteiger partial charge in [0, 0.05) is 10.5 Å². The summed E-state index contributed by atoms with van der Waals surface area (Å²) in [6.45, 7) is 1.93. The zero-order valence-corrected chi connectivity index (χ0v) is 13.4. The quantitative estimate of drug-likeness (QED) is 0.879. The van der Waals surface area contributed by atoms with Crippen molar-refractivity contribution in [2.24, 2.45) is 17.8 Å². The second kappa shape index (κ2) is 5.44. The number of aryl methyl sites for hydroxylation is 1. The number of aliphatic carboxylic acids is 1. The van der Waals surface area contributed by atoms with E-state index in [1.165, 1.54) is 0 Å². The molecule has 0 aromatic heterocycles. The first-order valence-electron chi connectivity index (χ1n) is 7.28. The number of carboxylic acids is 1. The van der Waals surface area contributed by atoms with Gasteiger partial charge in [-0.2, -0.15) is 0 Å². The van der Waals surface area contributed by atoms with Crippen LogP contribution in [-0.2, 0) is 4.79 Å². The Labute approximate surface area is 132 Å². The molecule has 5 heteroatoms. The van der Waals surface area contributed by atoms with Crippen LogP contribution in [0.2, 0.25) is 0 Å². The maximum Gasteiger partial charge on any atom is 0.308 e. The van der Waals surface area contributed by atoms with Gasteiger partial charge in [0.05, 0.1) is 11.5 Å². The summed E-state index contributed by atoms with van der Waals surface area (Å²) in [5, 5.41) is 12.4. The van der Waals surface area contributed by atoms with Crippen molar-refractivity contribution in [3.05, 3.63) is 33.8 Å². The smallest absolute Gasteiger partial charge is 0.308 e. The standard InChI is InChI=1S/C16H18BrNO3/c1-8-3-2-4-11(13(8)17)15(19)18-14-10-6-5-9(7-10)12(14)16(20)21/h2-4,9-10,12,14H,5-7H2,1H3,(H,18,19)(H,20,21). The Hall–Kier alpha value is -1.36. The number of benzene rings is 1. The molecule has 2 saturated carbocycles. The van der Waals surface area contributed by atoms with E-state index in [2.05, 4.69) is 21.2 Å². The van der Waals surface area contributed by atoms with E-state index in [-0.39, 0.29) is 17.9 Å². The van der Waals surface area contributed by atoms with Crippen molar-refractivity contribution < 1.29 is 14.7 Å². The Bertz CT molecular complexity index is 601. The molecule has 0 radical (unpaired) electrons. The van der Waals surface area contributed by atoms with Crippen LogP contribution >= 0.6 is 15.9 Å². The van der Waals surface area contributed by atoms with Gasteiger partial charge < -0.3 is 10.4 Å². The Morgan fingerprint density at radius 1 is 1.29 bits per heavy atom. The van der Waals surface area contributed by atoms with Gasteiger partial charge in [-0.3, -0.25) is 9.59 Å². The Balaban J connectivity index is 1.81. The molecule has 0 heterocycles. The van der Waals surface area contributed by atoms with Gasteiger partial charge in [0.15, 0.2) is 0 Å². The molecule has 2 fully saturated rings. The third kappa shape index (κ3) is 2.48. The molecule has 3 rings (SSSR count). The summed E-state index contributed by atoms with van der Waals surface area (Å²) in [6.07, 6.45) is 2.92. The minimum Gasteiger partial charge on any atom is -0.481 e. The maximum absolute atomic E-state index is 12.5. The van der Waals surface area contributed by atoms with Gasteiger partial charge >= 0.3 is 5.97 Å². The zero-order valence-electron chi connectivity index (χ0n) is 11.8. The SMILES string of the molecule is Cc1cccc(C(=O)NC2C3CCC(C3)C2C(=O)O)c1Br. The molecule has 1 aromatic rings. The molecule has 2 aliphatic carbocycles. The lowest BCUT2D eigenvalue weighted by atomic mass is 9.84. The van der Waals surface area contributed by atoms with Crippen LogP contribution in [0.15, 0.2) is 22.7 Å². The third-order valence-electron chi connectivity index (χ3n) is 4.94. The van der Waals surface area contributed by atoms with E-state index in [4.69, 9.17) is 0 Å². The van der Waals surface area contributed by atoms with Crippen LogP contribution in [0, 0.1) is 24.7 Å². The average Bonchev–Trinajstić information content (AvgIpc) is 3.02. The number of amides is 1. The van der Waals surface area contributed by atoms with Gasteiger partial charge in [-0.15, -0.1) is 0 Å². The highest BCUT2D eigenvalue weighted by molar-refractivity contribution is 9.10. The van der Waals surface area contributed by atoms with Crippen LogP contribution in [0.3, 0.4) is 0 Å². The summed E-state index contributed by atoms with van der Waals surface area (Å²) in [6, 6.07) is 5.29. The minimum absolute atomic E-state index is 0.186. The van der Waals surface area contributed by atoms with Crippen molar-refractivity contribution in [1.29, 1.82) is 0 Å². The molecule has 0 aliphatic heterocycles. The first-order chi connectivity index (χ1) is 9.99. The molecular weight excluding hydrogens is 334 g/mol. The van der Waals surface area contributed by atoms with Gasteiger partial charge in [0.1, 0.15) is 0 Å². The lowest BCUT2D eigenvalue weighted by Gasteiger charge is -2.29. The number of carbonyl (C=O) groups excluding carboxylic acids is 1. The van der Waals surface area contributed by atoms with Crippen molar-refractivity contribution in [3.8, 4) is 0 Å². The van der Waals surface area contributed by atoms with Crippen molar-refractivity contribution in [3.63, 3.8) is 0 Å². The van der Waals surface area contributed by atoms with E-state index in [0.717, 1.165) is 29.3 Å². The van der Waals surface area contributed by atoms with E-state index in [0.29, 0.717) is 11.5 Å². The number of carbonyl (C=O) groups is 2. The van der Waals surface area contributed by atoms with E-state index < -0.39 is 11.9 Å². The molecule has 2 bridgehead atoms. The number of nitrogens with one attached hydrogen (secondary N) is 1. The molecule has 0 saturated heterocycles. The molecule has 1 aromatic carbocycles. The molecule has 2 N–H and O–H groups in total. The second-order valence-electron chi connectivity index (χ2n) is 6.13. The first kappa shape index (κ1) is 14.6. The lowest BCUT2D eigenvalue weighted by Crippen LogP contribution is -2.46. The average molecular weight is 352 g/mol. The van der Waals surface area contributed by atoms with Gasteiger partial charge in [-0.25, -0.2) is 0 Å². The fourth-order valence-corrected chi connectivity index (χ4v) is 4.35. The fraction of sp³-hybridized carbons (Fsp3) is 0.500. The van der Waals surface area contributed by atoms with Crippen LogP contribution in [0.4, 0.5) is 0 Å². The molecule has 1 amide bonds. The maximum atomic E-state index is 12.5. The number of fused-ring (bicyclic) bond motifs is 2. The normalized spacial score (nSPS) is 30.4. The minimum atomic E-state index is -0.782. The van der Waals surface area contributed by atoms with Gasteiger partial charge in [0.2, 0.25) is 0 Å². The Morgan fingerprint density at radius 2 is 2.00 bits per heavy atom. The molecule has 0 spiro atoms. The largest absolute Gasteiger partial charge is 0.481 e. The van der Waals surface area contributed by atoms with E-state index in [9.17, 15) is 14.7 Å². The second-order valence-corrected chi connectivity index (χ2v) is 6.93. The van der Waals surface area contributed by atoms with Crippen LogP contribution in [0.1, 0.15) is 35.2 Å². The summed E-state index contributed by atoms with van der Waals surface area (Å²) in [5.74, 6) is -0.871.